The fraction of sp³-hybridized carbons (Fsp3) is 1.00. The van der Waals surface area contributed by atoms with E-state index in [4.69, 9.17) is 4.74 Å². The number of rotatable bonds is 7. The van der Waals surface area contributed by atoms with Gasteiger partial charge >= 0.3 is 0 Å². The topological polar surface area (TPSA) is 24.5 Å². The molecule has 0 spiro atoms. The maximum Gasteiger partial charge on any atom is 0.0589 e. The average molecular weight is 228 g/mol. The minimum absolute atomic E-state index is 0.724. The minimum Gasteiger partial charge on any atom is -0.383 e. The van der Waals surface area contributed by atoms with Crippen LogP contribution in [0.5, 0.6) is 0 Å². The Morgan fingerprint density at radius 1 is 1.38 bits per heavy atom. The van der Waals surface area contributed by atoms with E-state index in [2.05, 4.69) is 31.1 Å². The second-order valence-corrected chi connectivity index (χ2v) is 5.33. The van der Waals surface area contributed by atoms with Gasteiger partial charge in [-0.2, -0.15) is 0 Å². The summed E-state index contributed by atoms with van der Waals surface area (Å²) in [6.45, 7) is 7.72. The largest absolute Gasteiger partial charge is 0.383 e. The van der Waals surface area contributed by atoms with E-state index in [1.54, 1.807) is 7.11 Å². The maximum atomic E-state index is 5.21. The van der Waals surface area contributed by atoms with Crippen molar-refractivity contribution in [1.29, 1.82) is 0 Å². The van der Waals surface area contributed by atoms with Gasteiger partial charge in [0.2, 0.25) is 0 Å². The molecule has 96 valence electrons. The van der Waals surface area contributed by atoms with Crippen LogP contribution < -0.4 is 5.32 Å². The molecular formula is C13H28N2O. The Labute approximate surface area is 101 Å². The van der Waals surface area contributed by atoms with Crippen LogP contribution in [-0.2, 0) is 4.74 Å². The lowest BCUT2D eigenvalue weighted by molar-refractivity contribution is 0.110. The Bertz CT molecular complexity index is 185. The van der Waals surface area contributed by atoms with Gasteiger partial charge in [-0.1, -0.05) is 13.8 Å². The highest BCUT2D eigenvalue weighted by Gasteiger charge is 2.28. The van der Waals surface area contributed by atoms with E-state index >= 15 is 0 Å². The fourth-order valence-corrected chi connectivity index (χ4v) is 2.65. The molecule has 0 aromatic rings. The Morgan fingerprint density at radius 2 is 2.12 bits per heavy atom. The van der Waals surface area contributed by atoms with Gasteiger partial charge in [-0.3, -0.25) is 4.90 Å². The number of nitrogens with zero attached hydrogens (tertiary/aromatic N) is 1. The number of methoxy groups -OCH3 is 1. The lowest BCUT2D eigenvalue weighted by Crippen LogP contribution is -2.39. The van der Waals surface area contributed by atoms with E-state index in [1.165, 1.54) is 25.8 Å². The van der Waals surface area contributed by atoms with E-state index in [0.717, 1.165) is 31.2 Å². The third-order valence-electron chi connectivity index (χ3n) is 3.51. The van der Waals surface area contributed by atoms with Crippen molar-refractivity contribution in [3.05, 3.63) is 0 Å². The molecule has 0 bridgehead atoms. The molecule has 2 unspecified atom stereocenters. The van der Waals surface area contributed by atoms with Gasteiger partial charge in [-0.05, 0) is 32.2 Å². The molecule has 0 amide bonds. The second kappa shape index (κ2) is 7.25. The van der Waals surface area contributed by atoms with Crippen molar-refractivity contribution in [2.75, 3.05) is 33.9 Å². The molecule has 0 radical (unpaired) electrons. The van der Waals surface area contributed by atoms with Crippen LogP contribution in [0.4, 0.5) is 0 Å². The third kappa shape index (κ3) is 4.40. The summed E-state index contributed by atoms with van der Waals surface area (Å²) in [5.74, 6) is 0.741. The van der Waals surface area contributed by atoms with Crippen molar-refractivity contribution in [1.82, 2.24) is 10.2 Å². The number of hydrogen-bond donors (Lipinski definition) is 1. The van der Waals surface area contributed by atoms with Crippen LogP contribution in [0.15, 0.2) is 0 Å². The standard InChI is InChI=1S/C13H28N2O/c1-11(2)10-15(7-8-16-4)13-6-5-12(9-13)14-3/h11-14H,5-10H2,1-4H3. The molecule has 3 heteroatoms. The molecule has 1 rings (SSSR count). The SMILES string of the molecule is CNC1CCC(N(CCOC)CC(C)C)C1. The molecule has 1 aliphatic carbocycles. The summed E-state index contributed by atoms with van der Waals surface area (Å²) in [7, 11) is 3.87. The molecule has 1 N–H and O–H groups in total. The summed E-state index contributed by atoms with van der Waals surface area (Å²) in [6, 6.07) is 1.48. The van der Waals surface area contributed by atoms with Gasteiger partial charge in [0.25, 0.3) is 0 Å². The molecule has 1 saturated carbocycles. The van der Waals surface area contributed by atoms with E-state index in [-0.39, 0.29) is 0 Å². The van der Waals surface area contributed by atoms with Gasteiger partial charge < -0.3 is 10.1 Å². The zero-order valence-corrected chi connectivity index (χ0v) is 11.3. The lowest BCUT2D eigenvalue weighted by Gasteiger charge is -2.30. The number of hydrogen-bond acceptors (Lipinski definition) is 3. The van der Waals surface area contributed by atoms with Crippen molar-refractivity contribution in [2.45, 2.75) is 45.2 Å². The first-order chi connectivity index (χ1) is 7.67. The molecular weight excluding hydrogens is 200 g/mol. The predicted molar refractivity (Wildman–Crippen MR) is 68.8 cm³/mol. The van der Waals surface area contributed by atoms with E-state index in [9.17, 15) is 0 Å². The maximum absolute atomic E-state index is 5.21. The molecule has 1 fully saturated rings. The average Bonchev–Trinajstić information content (AvgIpc) is 2.72. The first-order valence-electron chi connectivity index (χ1n) is 6.57. The summed E-state index contributed by atoms with van der Waals surface area (Å²) in [4.78, 5) is 2.62. The van der Waals surface area contributed by atoms with Crippen LogP contribution in [-0.4, -0.2) is 50.8 Å². The molecule has 0 saturated heterocycles. The Morgan fingerprint density at radius 3 is 2.62 bits per heavy atom. The zero-order valence-electron chi connectivity index (χ0n) is 11.3. The van der Waals surface area contributed by atoms with Crippen molar-refractivity contribution in [3.63, 3.8) is 0 Å². The fourth-order valence-electron chi connectivity index (χ4n) is 2.65. The monoisotopic (exact) mass is 228 g/mol. The smallest absolute Gasteiger partial charge is 0.0589 e. The van der Waals surface area contributed by atoms with Crippen LogP contribution in [0.1, 0.15) is 33.1 Å². The van der Waals surface area contributed by atoms with Crippen LogP contribution in [0.25, 0.3) is 0 Å². The summed E-state index contributed by atoms with van der Waals surface area (Å²) in [5.41, 5.74) is 0. The normalized spacial score (nSPS) is 25.9. The zero-order chi connectivity index (χ0) is 12.0. The van der Waals surface area contributed by atoms with Gasteiger partial charge in [-0.15, -0.1) is 0 Å². The minimum atomic E-state index is 0.724. The molecule has 1 aliphatic rings. The Kier molecular flexibility index (Phi) is 6.32. The Hall–Kier alpha value is -0.120. The Balaban J connectivity index is 2.41. The third-order valence-corrected chi connectivity index (χ3v) is 3.51. The van der Waals surface area contributed by atoms with Gasteiger partial charge in [0.05, 0.1) is 6.61 Å². The van der Waals surface area contributed by atoms with Gasteiger partial charge in [0.1, 0.15) is 0 Å². The van der Waals surface area contributed by atoms with Crippen molar-refractivity contribution >= 4 is 0 Å². The van der Waals surface area contributed by atoms with Crippen LogP contribution >= 0.6 is 0 Å². The first kappa shape index (κ1) is 13.9. The van der Waals surface area contributed by atoms with E-state index in [0.29, 0.717) is 0 Å². The van der Waals surface area contributed by atoms with Crippen molar-refractivity contribution in [3.8, 4) is 0 Å². The molecule has 0 aromatic carbocycles. The van der Waals surface area contributed by atoms with Crippen LogP contribution in [0, 0.1) is 5.92 Å². The highest BCUT2D eigenvalue weighted by molar-refractivity contribution is 4.86. The molecule has 0 heterocycles. The highest BCUT2D eigenvalue weighted by atomic mass is 16.5. The summed E-state index contributed by atoms with van der Waals surface area (Å²) in [5, 5.41) is 3.40. The van der Waals surface area contributed by atoms with E-state index in [1.807, 2.05) is 0 Å². The summed E-state index contributed by atoms with van der Waals surface area (Å²) in [6.07, 6.45) is 3.96. The predicted octanol–water partition coefficient (Wildman–Crippen LogP) is 1.73. The van der Waals surface area contributed by atoms with E-state index < -0.39 is 0 Å². The van der Waals surface area contributed by atoms with Crippen LogP contribution in [0.2, 0.25) is 0 Å². The summed E-state index contributed by atoms with van der Waals surface area (Å²) < 4.78 is 5.21. The second-order valence-electron chi connectivity index (χ2n) is 5.33. The van der Waals surface area contributed by atoms with Gasteiger partial charge in [0.15, 0.2) is 0 Å². The molecule has 16 heavy (non-hydrogen) atoms. The highest BCUT2D eigenvalue weighted by Crippen LogP contribution is 2.24. The number of nitrogens with one attached hydrogen (secondary N) is 1. The first-order valence-corrected chi connectivity index (χ1v) is 6.57. The van der Waals surface area contributed by atoms with Gasteiger partial charge in [-0.25, -0.2) is 0 Å². The van der Waals surface area contributed by atoms with Crippen molar-refractivity contribution in [2.24, 2.45) is 5.92 Å². The van der Waals surface area contributed by atoms with Gasteiger partial charge in [0, 0.05) is 32.3 Å². The quantitative estimate of drug-likeness (QED) is 0.718. The molecule has 3 nitrogen and oxygen atoms in total. The molecule has 0 aromatic heterocycles. The van der Waals surface area contributed by atoms with Crippen molar-refractivity contribution < 1.29 is 4.74 Å². The lowest BCUT2D eigenvalue weighted by atomic mass is 10.1. The van der Waals surface area contributed by atoms with Crippen LogP contribution in [0.3, 0.4) is 0 Å². The number of ether oxygens (including phenoxy) is 1. The molecule has 0 aliphatic heterocycles. The molecule has 2 atom stereocenters. The summed E-state index contributed by atoms with van der Waals surface area (Å²) >= 11 is 0.